The molecule has 2 saturated carbocycles. The van der Waals surface area contributed by atoms with Gasteiger partial charge in [-0.1, -0.05) is 19.1 Å². The van der Waals surface area contributed by atoms with Crippen LogP contribution in [0.1, 0.15) is 31.7 Å². The molecular weight excluding hydrogens is 396 g/mol. The van der Waals surface area contributed by atoms with E-state index in [2.05, 4.69) is 52.4 Å². The standard InChI is InChI=1S/C27H36N4O/c1-3-30-10-12-31(13-11-30)26-21(14-19-4-6-23(32-2)16-25(19)29-26)18-28-17-20-15-22-5-7-24(20)27(22)8-9-27/h4-7,14,16,20,22,24,28H,3,8-13,15,17-18H2,1-2H3/t20-,22-,24+/m1/s1. The van der Waals surface area contributed by atoms with Gasteiger partial charge in [0.25, 0.3) is 0 Å². The Morgan fingerprint density at radius 3 is 2.69 bits per heavy atom. The first-order chi connectivity index (χ1) is 15.7. The number of allylic oxidation sites excluding steroid dienone is 2. The lowest BCUT2D eigenvalue weighted by Gasteiger charge is -2.36. The Morgan fingerprint density at radius 2 is 1.97 bits per heavy atom. The van der Waals surface area contributed by atoms with Crippen molar-refractivity contribution in [2.24, 2.45) is 23.2 Å². The number of nitrogens with one attached hydrogen (secondary N) is 1. The molecule has 32 heavy (non-hydrogen) atoms. The normalized spacial score (nSPS) is 28.2. The van der Waals surface area contributed by atoms with Gasteiger partial charge in [0, 0.05) is 49.7 Å². The molecular formula is C27H36N4O. The van der Waals surface area contributed by atoms with E-state index in [9.17, 15) is 0 Å². The van der Waals surface area contributed by atoms with E-state index in [4.69, 9.17) is 9.72 Å². The summed E-state index contributed by atoms with van der Waals surface area (Å²) >= 11 is 0. The van der Waals surface area contributed by atoms with E-state index in [-0.39, 0.29) is 0 Å². The van der Waals surface area contributed by atoms with Crippen molar-refractivity contribution in [3.05, 3.63) is 42.0 Å². The largest absolute Gasteiger partial charge is 0.497 e. The van der Waals surface area contributed by atoms with Crippen molar-refractivity contribution >= 4 is 16.7 Å². The summed E-state index contributed by atoms with van der Waals surface area (Å²) in [6.45, 7) is 9.71. The van der Waals surface area contributed by atoms with E-state index in [0.29, 0.717) is 5.41 Å². The third-order valence-corrected chi connectivity index (χ3v) is 8.77. The molecule has 5 heteroatoms. The maximum Gasteiger partial charge on any atom is 0.133 e. The number of hydrogen-bond acceptors (Lipinski definition) is 5. The minimum Gasteiger partial charge on any atom is -0.497 e. The highest BCUT2D eigenvalue weighted by atomic mass is 16.5. The third kappa shape index (κ3) is 3.41. The fourth-order valence-corrected chi connectivity index (χ4v) is 6.74. The Bertz CT molecular complexity index is 1020. The highest BCUT2D eigenvalue weighted by Gasteiger charge is 2.62. The van der Waals surface area contributed by atoms with Crippen LogP contribution in [0, 0.1) is 23.2 Å². The molecule has 1 N–H and O–H groups in total. The number of nitrogens with zero attached hydrogens (tertiary/aromatic N) is 3. The van der Waals surface area contributed by atoms with Crippen LogP contribution in [0.25, 0.3) is 10.9 Å². The molecule has 2 aromatic rings. The van der Waals surface area contributed by atoms with Crippen LogP contribution in [0.4, 0.5) is 5.82 Å². The first-order valence-corrected chi connectivity index (χ1v) is 12.5. The molecule has 170 valence electrons. The molecule has 1 spiro atoms. The van der Waals surface area contributed by atoms with E-state index >= 15 is 0 Å². The molecule has 1 aromatic carbocycles. The van der Waals surface area contributed by atoms with Crippen molar-refractivity contribution in [1.29, 1.82) is 0 Å². The highest BCUT2D eigenvalue weighted by molar-refractivity contribution is 5.83. The summed E-state index contributed by atoms with van der Waals surface area (Å²) in [6, 6.07) is 8.59. The predicted molar refractivity (Wildman–Crippen MR) is 130 cm³/mol. The summed E-state index contributed by atoms with van der Waals surface area (Å²) < 4.78 is 5.46. The molecule has 1 saturated heterocycles. The summed E-state index contributed by atoms with van der Waals surface area (Å²) in [5.41, 5.74) is 3.03. The Kier molecular flexibility index (Phi) is 5.14. The Morgan fingerprint density at radius 1 is 1.12 bits per heavy atom. The zero-order valence-electron chi connectivity index (χ0n) is 19.5. The van der Waals surface area contributed by atoms with Gasteiger partial charge in [0.1, 0.15) is 11.6 Å². The van der Waals surface area contributed by atoms with Gasteiger partial charge in [-0.25, -0.2) is 4.98 Å². The second kappa shape index (κ2) is 8.03. The molecule has 3 atom stereocenters. The molecule has 2 heterocycles. The van der Waals surface area contributed by atoms with Crippen LogP contribution in [0.5, 0.6) is 5.75 Å². The first kappa shape index (κ1) is 20.5. The van der Waals surface area contributed by atoms with Gasteiger partial charge >= 0.3 is 0 Å². The molecule has 0 amide bonds. The lowest BCUT2D eigenvalue weighted by molar-refractivity contribution is 0.270. The van der Waals surface area contributed by atoms with Gasteiger partial charge in [0.05, 0.1) is 12.6 Å². The molecule has 0 radical (unpaired) electrons. The minimum absolute atomic E-state index is 0.681. The van der Waals surface area contributed by atoms with E-state index in [0.717, 1.165) is 80.7 Å². The number of pyridine rings is 1. The quantitative estimate of drug-likeness (QED) is 0.668. The minimum atomic E-state index is 0.681. The summed E-state index contributed by atoms with van der Waals surface area (Å²) in [6.07, 6.45) is 9.35. The van der Waals surface area contributed by atoms with Crippen LogP contribution in [-0.4, -0.2) is 56.3 Å². The maximum absolute atomic E-state index is 5.46. The Labute approximate surface area is 191 Å². The lowest BCUT2D eigenvalue weighted by Crippen LogP contribution is -2.46. The fourth-order valence-electron chi connectivity index (χ4n) is 6.74. The van der Waals surface area contributed by atoms with Crippen molar-refractivity contribution in [1.82, 2.24) is 15.2 Å². The average Bonchev–Trinajstić information content (AvgIpc) is 3.51. The van der Waals surface area contributed by atoms with Gasteiger partial charge in [-0.2, -0.15) is 0 Å². The molecule has 3 fully saturated rings. The zero-order valence-corrected chi connectivity index (χ0v) is 19.5. The van der Waals surface area contributed by atoms with Gasteiger partial charge < -0.3 is 19.9 Å². The van der Waals surface area contributed by atoms with Crippen molar-refractivity contribution in [2.75, 3.05) is 51.3 Å². The summed E-state index contributed by atoms with van der Waals surface area (Å²) in [5.74, 6) is 4.52. The van der Waals surface area contributed by atoms with Crippen LogP contribution in [0.15, 0.2) is 36.4 Å². The van der Waals surface area contributed by atoms with Crippen molar-refractivity contribution in [3.63, 3.8) is 0 Å². The van der Waals surface area contributed by atoms with Crippen LogP contribution in [0.3, 0.4) is 0 Å². The number of piperazine rings is 1. The number of fused-ring (bicyclic) bond motifs is 1. The summed E-state index contributed by atoms with van der Waals surface area (Å²) in [5, 5.41) is 5.04. The molecule has 2 bridgehead atoms. The monoisotopic (exact) mass is 432 g/mol. The van der Waals surface area contributed by atoms with Gasteiger partial charge in [-0.3, -0.25) is 0 Å². The predicted octanol–water partition coefficient (Wildman–Crippen LogP) is 4.08. The second-order valence-electron chi connectivity index (χ2n) is 10.3. The summed E-state index contributed by atoms with van der Waals surface area (Å²) in [4.78, 5) is 10.2. The highest BCUT2D eigenvalue weighted by Crippen LogP contribution is 2.69. The number of aromatic nitrogens is 1. The zero-order chi connectivity index (χ0) is 21.7. The Hall–Kier alpha value is -2.11. The number of benzene rings is 1. The van der Waals surface area contributed by atoms with Crippen LogP contribution in [0.2, 0.25) is 0 Å². The molecule has 5 nitrogen and oxygen atoms in total. The third-order valence-electron chi connectivity index (χ3n) is 8.77. The maximum atomic E-state index is 5.46. The van der Waals surface area contributed by atoms with Gasteiger partial charge in [0.15, 0.2) is 0 Å². The van der Waals surface area contributed by atoms with Crippen LogP contribution in [-0.2, 0) is 6.54 Å². The number of methoxy groups -OCH3 is 1. The second-order valence-corrected chi connectivity index (χ2v) is 10.3. The SMILES string of the molecule is CCN1CCN(c2nc3cc(OC)ccc3cc2CNC[C@H]2C[C@H]3C=C[C@@H]2C32CC2)CC1. The molecule has 6 rings (SSSR count). The lowest BCUT2D eigenvalue weighted by atomic mass is 9.89. The molecule has 3 aliphatic carbocycles. The van der Waals surface area contributed by atoms with Gasteiger partial charge in [-0.05, 0) is 73.7 Å². The number of likely N-dealkylation sites (N-methyl/N-ethyl adjacent to an activating group) is 1. The molecule has 4 aliphatic rings. The number of rotatable bonds is 7. The Balaban J connectivity index is 1.21. The van der Waals surface area contributed by atoms with Crippen LogP contribution < -0.4 is 15.0 Å². The van der Waals surface area contributed by atoms with Crippen molar-refractivity contribution in [3.8, 4) is 5.75 Å². The van der Waals surface area contributed by atoms with Gasteiger partial charge in [0.2, 0.25) is 0 Å². The molecule has 0 unspecified atom stereocenters. The number of anilines is 1. The average molecular weight is 433 g/mol. The van der Waals surface area contributed by atoms with E-state index in [1.54, 1.807) is 7.11 Å². The van der Waals surface area contributed by atoms with Crippen molar-refractivity contribution in [2.45, 2.75) is 32.7 Å². The van der Waals surface area contributed by atoms with Crippen molar-refractivity contribution < 1.29 is 4.74 Å². The van der Waals surface area contributed by atoms with E-state index in [1.807, 2.05) is 6.07 Å². The smallest absolute Gasteiger partial charge is 0.133 e. The molecule has 1 aromatic heterocycles. The molecule has 1 aliphatic heterocycles. The summed E-state index contributed by atoms with van der Waals surface area (Å²) in [7, 11) is 1.72. The van der Waals surface area contributed by atoms with E-state index in [1.165, 1.54) is 30.2 Å². The number of hydrogen-bond donors (Lipinski definition) is 1. The first-order valence-electron chi connectivity index (χ1n) is 12.5. The fraction of sp³-hybridized carbons (Fsp3) is 0.593. The van der Waals surface area contributed by atoms with Gasteiger partial charge in [-0.15, -0.1) is 0 Å². The van der Waals surface area contributed by atoms with E-state index < -0.39 is 0 Å². The number of ether oxygens (including phenoxy) is 1. The topological polar surface area (TPSA) is 40.6 Å². The van der Waals surface area contributed by atoms with Crippen LogP contribution >= 0.6 is 0 Å².